The van der Waals surface area contributed by atoms with Crippen molar-refractivity contribution in [3.8, 4) is 0 Å². The van der Waals surface area contributed by atoms with Gasteiger partial charge in [-0.1, -0.05) is 41.9 Å². The fourth-order valence-electron chi connectivity index (χ4n) is 3.74. The second-order valence-corrected chi connectivity index (χ2v) is 7.69. The lowest BCUT2D eigenvalue weighted by Gasteiger charge is -2.26. The van der Waals surface area contributed by atoms with Gasteiger partial charge in [0.15, 0.2) is 5.43 Å². The van der Waals surface area contributed by atoms with Crippen molar-refractivity contribution in [3.63, 3.8) is 0 Å². The minimum atomic E-state index is -0.568. The average Bonchev–Trinajstić information content (AvgIpc) is 2.74. The van der Waals surface area contributed by atoms with Gasteiger partial charge in [0, 0.05) is 28.2 Å². The molecule has 2 aromatic carbocycles. The van der Waals surface area contributed by atoms with E-state index in [0.29, 0.717) is 21.5 Å². The van der Waals surface area contributed by atoms with Gasteiger partial charge in [-0.15, -0.1) is 12.4 Å². The van der Waals surface area contributed by atoms with Gasteiger partial charge in [-0.05, 0) is 49.7 Å². The largest absolute Gasteiger partial charge is 0.361 e. The van der Waals surface area contributed by atoms with Crippen LogP contribution in [0, 0.1) is 0 Å². The Kier molecular flexibility index (Phi) is 7.37. The number of piperidine rings is 1. The van der Waals surface area contributed by atoms with Crippen molar-refractivity contribution in [1.29, 1.82) is 0 Å². The molecule has 2 amide bonds. The molecule has 4 N–H and O–H groups in total. The molecular weight excluding hydrogens is 423 g/mol. The van der Waals surface area contributed by atoms with Crippen LogP contribution in [-0.4, -0.2) is 30.1 Å². The molecule has 0 aliphatic carbocycles. The van der Waals surface area contributed by atoms with Crippen molar-refractivity contribution in [2.24, 2.45) is 0 Å². The maximum absolute atomic E-state index is 13.2. The quantitative estimate of drug-likeness (QED) is 0.492. The summed E-state index contributed by atoms with van der Waals surface area (Å²) >= 11 is 6.04. The number of fused-ring (bicyclic) bond motifs is 1. The van der Waals surface area contributed by atoms with E-state index < -0.39 is 6.04 Å². The number of aromatic amines is 1. The minimum absolute atomic E-state index is 0. The number of hydrogen-bond donors (Lipinski definition) is 4. The van der Waals surface area contributed by atoms with Crippen molar-refractivity contribution in [1.82, 2.24) is 20.9 Å². The zero-order valence-electron chi connectivity index (χ0n) is 16.3. The molecule has 6 nitrogen and oxygen atoms in total. The Labute approximate surface area is 185 Å². The molecule has 1 saturated heterocycles. The molecule has 1 unspecified atom stereocenters. The molecule has 30 heavy (non-hydrogen) atoms. The lowest BCUT2D eigenvalue weighted by molar-refractivity contribution is 0.231. The Morgan fingerprint density at radius 2 is 1.83 bits per heavy atom. The lowest BCUT2D eigenvalue weighted by atomic mass is 9.98. The van der Waals surface area contributed by atoms with Crippen LogP contribution in [-0.2, 0) is 0 Å². The van der Waals surface area contributed by atoms with Gasteiger partial charge in [-0.3, -0.25) is 4.79 Å². The number of amides is 2. The standard InChI is InChI=1S/C22H23ClN4O2.ClH/c23-15-6-7-17-19(12-15)25-13-18(21(17)28)20(14-4-2-1-3-5-14)27-22(29)26-16-8-10-24-11-9-16;/h1-7,12-13,16,20,24H,8-11H2,(H,25,28)(H2,26,27,29);1H. The molecule has 1 aliphatic heterocycles. The van der Waals surface area contributed by atoms with Crippen molar-refractivity contribution < 1.29 is 4.79 Å². The number of H-pyrrole nitrogens is 1. The number of aromatic nitrogens is 1. The van der Waals surface area contributed by atoms with E-state index >= 15 is 0 Å². The third-order valence-corrected chi connectivity index (χ3v) is 5.50. The van der Waals surface area contributed by atoms with Crippen LogP contribution in [0.5, 0.6) is 0 Å². The van der Waals surface area contributed by atoms with E-state index in [1.807, 2.05) is 30.3 Å². The van der Waals surface area contributed by atoms with Gasteiger partial charge in [0.1, 0.15) is 0 Å². The van der Waals surface area contributed by atoms with E-state index in [1.54, 1.807) is 24.4 Å². The molecule has 158 valence electrons. The van der Waals surface area contributed by atoms with Crippen LogP contribution in [0.25, 0.3) is 10.9 Å². The summed E-state index contributed by atoms with van der Waals surface area (Å²) in [5.74, 6) is 0. The SMILES string of the molecule is Cl.O=C(NC1CCNCC1)NC(c1ccccc1)c1c[nH]c2cc(Cl)ccc2c1=O. The third-order valence-electron chi connectivity index (χ3n) is 5.27. The maximum Gasteiger partial charge on any atom is 0.315 e. The number of benzene rings is 2. The lowest BCUT2D eigenvalue weighted by Crippen LogP contribution is -2.48. The first kappa shape index (κ1) is 22.2. The second-order valence-electron chi connectivity index (χ2n) is 7.25. The molecule has 1 aromatic heterocycles. The predicted molar refractivity (Wildman–Crippen MR) is 123 cm³/mol. The van der Waals surface area contributed by atoms with Gasteiger partial charge in [-0.25, -0.2) is 4.79 Å². The Balaban J connectivity index is 0.00000256. The summed E-state index contributed by atoms with van der Waals surface area (Å²) in [7, 11) is 0. The Bertz CT molecular complexity index is 1070. The zero-order chi connectivity index (χ0) is 20.2. The van der Waals surface area contributed by atoms with E-state index in [-0.39, 0.29) is 29.9 Å². The highest BCUT2D eigenvalue weighted by atomic mass is 35.5. The molecule has 0 spiro atoms. The van der Waals surface area contributed by atoms with Gasteiger partial charge < -0.3 is 20.9 Å². The summed E-state index contributed by atoms with van der Waals surface area (Å²) in [6.45, 7) is 1.78. The fraction of sp³-hybridized carbons (Fsp3) is 0.273. The number of urea groups is 1. The molecule has 8 heteroatoms. The number of nitrogens with one attached hydrogen (secondary N) is 4. The first-order valence-corrected chi connectivity index (χ1v) is 10.1. The highest BCUT2D eigenvalue weighted by Crippen LogP contribution is 2.22. The molecule has 0 saturated carbocycles. The average molecular weight is 447 g/mol. The zero-order valence-corrected chi connectivity index (χ0v) is 17.9. The maximum atomic E-state index is 13.2. The molecule has 1 aliphatic rings. The van der Waals surface area contributed by atoms with Crippen molar-refractivity contribution in [2.45, 2.75) is 24.9 Å². The van der Waals surface area contributed by atoms with Crippen LogP contribution in [0.1, 0.15) is 30.0 Å². The molecule has 1 fully saturated rings. The molecule has 3 aromatic rings. The van der Waals surface area contributed by atoms with Crippen LogP contribution in [0.2, 0.25) is 5.02 Å². The number of rotatable bonds is 4. The smallest absolute Gasteiger partial charge is 0.315 e. The Hall–Kier alpha value is -2.54. The van der Waals surface area contributed by atoms with Crippen molar-refractivity contribution in [2.75, 3.05) is 13.1 Å². The number of pyridine rings is 1. The molecule has 1 atom stereocenters. The summed E-state index contributed by atoms with van der Waals surface area (Å²) in [4.78, 5) is 29.0. The van der Waals surface area contributed by atoms with Crippen LogP contribution >= 0.6 is 24.0 Å². The summed E-state index contributed by atoms with van der Waals surface area (Å²) in [5, 5.41) is 10.4. The minimum Gasteiger partial charge on any atom is -0.361 e. The molecule has 0 bridgehead atoms. The summed E-state index contributed by atoms with van der Waals surface area (Å²) in [6.07, 6.45) is 3.44. The monoisotopic (exact) mass is 446 g/mol. The van der Waals surface area contributed by atoms with Crippen LogP contribution < -0.4 is 21.4 Å². The topological polar surface area (TPSA) is 86.0 Å². The molecular formula is C22H24Cl2N4O2. The number of carbonyl (C=O) groups excluding carboxylic acids is 1. The van der Waals surface area contributed by atoms with Crippen molar-refractivity contribution >= 4 is 40.9 Å². The summed E-state index contributed by atoms with van der Waals surface area (Å²) in [6, 6.07) is 13.9. The van der Waals surface area contributed by atoms with Crippen LogP contribution in [0.4, 0.5) is 4.79 Å². The Morgan fingerprint density at radius 1 is 1.10 bits per heavy atom. The van der Waals surface area contributed by atoms with Crippen LogP contribution in [0.3, 0.4) is 0 Å². The van der Waals surface area contributed by atoms with E-state index in [4.69, 9.17) is 11.6 Å². The van der Waals surface area contributed by atoms with E-state index in [2.05, 4.69) is 20.9 Å². The summed E-state index contributed by atoms with van der Waals surface area (Å²) < 4.78 is 0. The van der Waals surface area contributed by atoms with Crippen LogP contribution in [0.15, 0.2) is 59.5 Å². The van der Waals surface area contributed by atoms with E-state index in [9.17, 15) is 9.59 Å². The van der Waals surface area contributed by atoms with Gasteiger partial charge in [0.05, 0.1) is 11.6 Å². The van der Waals surface area contributed by atoms with E-state index in [1.165, 1.54) is 0 Å². The highest BCUT2D eigenvalue weighted by Gasteiger charge is 2.23. The fourth-order valence-corrected chi connectivity index (χ4v) is 3.91. The molecule has 4 rings (SSSR count). The first-order chi connectivity index (χ1) is 14.1. The van der Waals surface area contributed by atoms with Gasteiger partial charge in [0.2, 0.25) is 0 Å². The first-order valence-electron chi connectivity index (χ1n) is 9.75. The van der Waals surface area contributed by atoms with Gasteiger partial charge in [0.25, 0.3) is 0 Å². The number of hydrogen-bond acceptors (Lipinski definition) is 3. The third kappa shape index (κ3) is 4.95. The molecule has 2 heterocycles. The van der Waals surface area contributed by atoms with Crippen molar-refractivity contribution in [3.05, 3.63) is 81.1 Å². The number of carbonyl (C=O) groups is 1. The predicted octanol–water partition coefficient (Wildman–Crippen LogP) is 3.74. The Morgan fingerprint density at radius 3 is 2.57 bits per heavy atom. The highest BCUT2D eigenvalue weighted by molar-refractivity contribution is 6.31. The van der Waals surface area contributed by atoms with Gasteiger partial charge in [-0.2, -0.15) is 0 Å². The second kappa shape index (κ2) is 9.98. The number of halogens is 2. The van der Waals surface area contributed by atoms with Gasteiger partial charge >= 0.3 is 6.03 Å². The molecule has 0 radical (unpaired) electrons. The van der Waals surface area contributed by atoms with E-state index in [0.717, 1.165) is 31.5 Å². The normalized spacial score (nSPS) is 15.2. The summed E-state index contributed by atoms with van der Waals surface area (Å²) in [5.41, 5.74) is 1.85.